The maximum Gasteiger partial charge on any atom is 0.251 e. The molecule has 5 nitrogen and oxygen atoms in total. The topological polar surface area (TPSA) is 61.0 Å². The minimum absolute atomic E-state index is 0.0334. The molecule has 1 aliphatic heterocycles. The van der Waals surface area contributed by atoms with Crippen molar-refractivity contribution in [1.82, 2.24) is 15.5 Å². The van der Waals surface area contributed by atoms with Gasteiger partial charge in [0.25, 0.3) is 5.91 Å². The van der Waals surface area contributed by atoms with E-state index in [-0.39, 0.29) is 17.8 Å². The van der Waals surface area contributed by atoms with Gasteiger partial charge < -0.3 is 10.2 Å². The van der Waals surface area contributed by atoms with Gasteiger partial charge in [0.2, 0.25) is 0 Å². The molecule has 0 saturated carbocycles. The van der Waals surface area contributed by atoms with Gasteiger partial charge in [0.1, 0.15) is 5.82 Å². The lowest BCUT2D eigenvalue weighted by Crippen LogP contribution is -2.37. The summed E-state index contributed by atoms with van der Waals surface area (Å²) >= 11 is 0. The van der Waals surface area contributed by atoms with Crippen LogP contribution in [0.4, 0.5) is 10.2 Å². The van der Waals surface area contributed by atoms with Crippen molar-refractivity contribution in [2.45, 2.75) is 19.4 Å². The second-order valence-electron chi connectivity index (χ2n) is 6.87. The van der Waals surface area contributed by atoms with E-state index in [0.717, 1.165) is 35.6 Å². The van der Waals surface area contributed by atoms with E-state index in [1.54, 1.807) is 12.1 Å². The first-order valence-electron chi connectivity index (χ1n) is 9.03. The number of nitrogens with zero attached hydrogens (tertiary/aromatic N) is 2. The Morgan fingerprint density at radius 3 is 2.78 bits per heavy atom. The molecule has 2 heterocycles. The first-order chi connectivity index (χ1) is 13.1. The molecule has 0 radical (unpaired) electrons. The Bertz CT molecular complexity index is 951. The van der Waals surface area contributed by atoms with Crippen LogP contribution in [0.2, 0.25) is 0 Å². The Kier molecular flexibility index (Phi) is 4.62. The van der Waals surface area contributed by atoms with Gasteiger partial charge in [0.15, 0.2) is 5.82 Å². The summed E-state index contributed by atoms with van der Waals surface area (Å²) in [5, 5.41) is 10.5. The third kappa shape index (κ3) is 3.69. The van der Waals surface area contributed by atoms with Gasteiger partial charge in [-0.2, -0.15) is 5.10 Å². The van der Waals surface area contributed by atoms with Gasteiger partial charge in [0, 0.05) is 30.8 Å². The van der Waals surface area contributed by atoms with E-state index < -0.39 is 0 Å². The number of aromatic nitrogens is 2. The van der Waals surface area contributed by atoms with Crippen LogP contribution in [0.25, 0.3) is 11.3 Å². The fourth-order valence-electron chi connectivity index (χ4n) is 3.43. The summed E-state index contributed by atoms with van der Waals surface area (Å²) in [5.74, 6) is 0.543. The summed E-state index contributed by atoms with van der Waals surface area (Å²) in [7, 11) is 0. The Morgan fingerprint density at radius 1 is 1.22 bits per heavy atom. The minimum atomic E-state index is -0.259. The summed E-state index contributed by atoms with van der Waals surface area (Å²) < 4.78 is 13.1. The molecule has 138 valence electrons. The number of amides is 1. The summed E-state index contributed by atoms with van der Waals surface area (Å²) in [6.07, 6.45) is 0.871. The SMILES string of the molecule is Cc1ccccc1C(=O)N[C@@H]1CCN(c2cc(-c3ccc(F)cc3)[nH]n2)C1. The molecular formula is C21H21FN4O. The number of H-pyrrole nitrogens is 1. The Balaban J connectivity index is 1.40. The number of halogens is 1. The Labute approximate surface area is 157 Å². The molecule has 2 N–H and O–H groups in total. The largest absolute Gasteiger partial charge is 0.353 e. The van der Waals surface area contributed by atoms with Gasteiger partial charge in [0.05, 0.1) is 5.69 Å². The third-order valence-electron chi connectivity index (χ3n) is 4.96. The zero-order valence-corrected chi connectivity index (χ0v) is 15.1. The summed E-state index contributed by atoms with van der Waals surface area (Å²) in [4.78, 5) is 14.6. The van der Waals surface area contributed by atoms with Gasteiger partial charge in [-0.1, -0.05) is 18.2 Å². The van der Waals surface area contributed by atoms with Crippen LogP contribution in [0.5, 0.6) is 0 Å². The normalized spacial score (nSPS) is 16.5. The molecular weight excluding hydrogens is 343 g/mol. The highest BCUT2D eigenvalue weighted by atomic mass is 19.1. The van der Waals surface area contributed by atoms with E-state index in [1.165, 1.54) is 12.1 Å². The maximum absolute atomic E-state index is 13.1. The average molecular weight is 364 g/mol. The molecule has 2 aromatic carbocycles. The Hall–Kier alpha value is -3.15. The molecule has 1 aromatic heterocycles. The molecule has 0 aliphatic carbocycles. The minimum Gasteiger partial charge on any atom is -0.353 e. The van der Waals surface area contributed by atoms with E-state index in [9.17, 15) is 9.18 Å². The molecule has 0 bridgehead atoms. The van der Waals surface area contributed by atoms with Gasteiger partial charge in [-0.3, -0.25) is 9.89 Å². The third-order valence-corrected chi connectivity index (χ3v) is 4.96. The lowest BCUT2D eigenvalue weighted by molar-refractivity contribution is 0.0940. The standard InChI is InChI=1S/C21H21FN4O/c1-14-4-2-3-5-18(14)21(27)23-17-10-11-26(13-17)20-12-19(24-25-20)15-6-8-16(22)9-7-15/h2-9,12,17H,10-11,13H2,1H3,(H,23,27)(H,24,25)/t17-/m1/s1. The number of rotatable bonds is 4. The van der Waals surface area contributed by atoms with Crippen molar-refractivity contribution in [3.63, 3.8) is 0 Å². The number of aromatic amines is 1. The number of hydrogen-bond acceptors (Lipinski definition) is 3. The van der Waals surface area contributed by atoms with Crippen LogP contribution < -0.4 is 10.2 Å². The molecule has 4 rings (SSSR count). The van der Waals surface area contributed by atoms with Gasteiger partial charge in [-0.25, -0.2) is 4.39 Å². The maximum atomic E-state index is 13.1. The van der Waals surface area contributed by atoms with Crippen molar-refractivity contribution in [3.8, 4) is 11.3 Å². The number of benzene rings is 2. The monoisotopic (exact) mass is 364 g/mol. The summed E-state index contributed by atoms with van der Waals surface area (Å²) in [6, 6.07) is 16.0. The second-order valence-corrected chi connectivity index (χ2v) is 6.87. The van der Waals surface area contributed by atoms with E-state index >= 15 is 0 Å². The van der Waals surface area contributed by atoms with Crippen molar-refractivity contribution in [1.29, 1.82) is 0 Å². The second kappa shape index (κ2) is 7.23. The molecule has 1 saturated heterocycles. The molecule has 6 heteroatoms. The summed E-state index contributed by atoms with van der Waals surface area (Å²) in [6.45, 7) is 3.48. The van der Waals surface area contributed by atoms with Crippen LogP contribution in [-0.4, -0.2) is 35.2 Å². The van der Waals surface area contributed by atoms with Crippen LogP contribution >= 0.6 is 0 Å². The van der Waals surface area contributed by atoms with Crippen molar-refractivity contribution >= 4 is 11.7 Å². The molecule has 1 aliphatic rings. The van der Waals surface area contributed by atoms with E-state index in [4.69, 9.17) is 0 Å². The average Bonchev–Trinajstić information content (AvgIpc) is 3.32. The Morgan fingerprint density at radius 2 is 2.00 bits per heavy atom. The van der Waals surface area contributed by atoms with E-state index in [2.05, 4.69) is 20.4 Å². The first-order valence-corrected chi connectivity index (χ1v) is 9.03. The molecule has 0 spiro atoms. The quantitative estimate of drug-likeness (QED) is 0.744. The van der Waals surface area contributed by atoms with E-state index in [1.807, 2.05) is 37.3 Å². The van der Waals surface area contributed by atoms with Gasteiger partial charge in [-0.05, 0) is 54.8 Å². The summed E-state index contributed by atoms with van der Waals surface area (Å²) in [5.41, 5.74) is 3.42. The number of anilines is 1. The highest BCUT2D eigenvalue weighted by molar-refractivity contribution is 5.95. The lowest BCUT2D eigenvalue weighted by atomic mass is 10.1. The molecule has 1 amide bonds. The fraction of sp³-hybridized carbons (Fsp3) is 0.238. The van der Waals surface area contributed by atoms with Crippen molar-refractivity contribution in [3.05, 3.63) is 71.5 Å². The zero-order chi connectivity index (χ0) is 18.8. The zero-order valence-electron chi connectivity index (χ0n) is 15.1. The molecule has 3 aromatic rings. The van der Waals surface area contributed by atoms with Crippen molar-refractivity contribution in [2.24, 2.45) is 0 Å². The number of carbonyl (C=O) groups excluding carboxylic acids is 1. The van der Waals surface area contributed by atoms with Crippen LogP contribution in [-0.2, 0) is 0 Å². The van der Waals surface area contributed by atoms with Crippen molar-refractivity contribution < 1.29 is 9.18 Å². The smallest absolute Gasteiger partial charge is 0.251 e. The van der Waals surface area contributed by atoms with Gasteiger partial charge in [-0.15, -0.1) is 0 Å². The van der Waals surface area contributed by atoms with Crippen LogP contribution in [0, 0.1) is 12.7 Å². The molecule has 1 atom stereocenters. The first kappa shape index (κ1) is 17.3. The predicted molar refractivity (Wildman–Crippen MR) is 103 cm³/mol. The number of hydrogen-bond donors (Lipinski definition) is 2. The molecule has 0 unspecified atom stereocenters. The van der Waals surface area contributed by atoms with Crippen LogP contribution in [0.3, 0.4) is 0 Å². The fourth-order valence-corrected chi connectivity index (χ4v) is 3.43. The number of carbonyl (C=O) groups is 1. The highest BCUT2D eigenvalue weighted by Crippen LogP contribution is 2.24. The highest BCUT2D eigenvalue weighted by Gasteiger charge is 2.26. The van der Waals surface area contributed by atoms with Crippen LogP contribution in [0.1, 0.15) is 22.3 Å². The van der Waals surface area contributed by atoms with E-state index in [0.29, 0.717) is 12.1 Å². The van der Waals surface area contributed by atoms with Gasteiger partial charge >= 0.3 is 0 Å². The number of nitrogens with one attached hydrogen (secondary N) is 2. The predicted octanol–water partition coefficient (Wildman–Crippen LogP) is 3.53. The number of aryl methyl sites for hydroxylation is 1. The van der Waals surface area contributed by atoms with Crippen molar-refractivity contribution in [2.75, 3.05) is 18.0 Å². The molecule has 1 fully saturated rings. The lowest BCUT2D eigenvalue weighted by Gasteiger charge is -2.16. The molecule has 27 heavy (non-hydrogen) atoms. The van der Waals surface area contributed by atoms with Crippen LogP contribution in [0.15, 0.2) is 54.6 Å².